The third kappa shape index (κ3) is 2.27. The van der Waals surface area contributed by atoms with Crippen molar-refractivity contribution >= 4 is 22.8 Å². The molecule has 0 spiro atoms. The van der Waals surface area contributed by atoms with Crippen molar-refractivity contribution in [3.63, 3.8) is 0 Å². The van der Waals surface area contributed by atoms with Gasteiger partial charge in [-0.05, 0) is 6.07 Å². The highest BCUT2D eigenvalue weighted by atomic mass is 32.1. The van der Waals surface area contributed by atoms with E-state index in [1.165, 1.54) is 6.20 Å². The van der Waals surface area contributed by atoms with E-state index in [1.54, 1.807) is 23.6 Å². The highest BCUT2D eigenvalue weighted by molar-refractivity contribution is 7.09. The molecule has 0 amide bonds. The summed E-state index contributed by atoms with van der Waals surface area (Å²) in [6, 6.07) is 3.58. The Morgan fingerprint density at radius 2 is 2.38 bits per heavy atom. The number of anilines is 2. The smallest absolute Gasteiger partial charge is 0.149 e. The molecule has 16 heavy (non-hydrogen) atoms. The van der Waals surface area contributed by atoms with Crippen LogP contribution in [0.5, 0.6) is 0 Å². The van der Waals surface area contributed by atoms with Crippen molar-refractivity contribution in [1.82, 2.24) is 9.97 Å². The fraction of sp³-hybridized carbons (Fsp3) is 0.100. The summed E-state index contributed by atoms with van der Waals surface area (Å²) in [7, 11) is 0. The number of rotatable bonds is 3. The van der Waals surface area contributed by atoms with Gasteiger partial charge in [0.25, 0.3) is 0 Å². The summed E-state index contributed by atoms with van der Waals surface area (Å²) in [4.78, 5) is 8.20. The molecule has 0 aromatic carbocycles. The van der Waals surface area contributed by atoms with E-state index in [1.807, 2.05) is 11.4 Å². The standard InChI is InChI=1S/C10H9N5S/c11-4-7-3-8(12)10(14-5-7)15-6-9-13-1-2-16-9/h1-3,5H,6,12H2,(H,14,15). The maximum atomic E-state index is 8.66. The molecule has 0 atom stereocenters. The molecular weight excluding hydrogens is 222 g/mol. The normalized spacial score (nSPS) is 9.69. The molecule has 0 aliphatic carbocycles. The summed E-state index contributed by atoms with van der Waals surface area (Å²) in [6.07, 6.45) is 3.23. The van der Waals surface area contributed by atoms with Gasteiger partial charge in [-0.15, -0.1) is 11.3 Å². The molecule has 2 heterocycles. The van der Waals surface area contributed by atoms with Crippen LogP contribution in [-0.4, -0.2) is 9.97 Å². The van der Waals surface area contributed by atoms with Gasteiger partial charge >= 0.3 is 0 Å². The van der Waals surface area contributed by atoms with Crippen LogP contribution in [0.2, 0.25) is 0 Å². The van der Waals surface area contributed by atoms with Gasteiger partial charge in [-0.2, -0.15) is 5.26 Å². The quantitative estimate of drug-likeness (QED) is 0.837. The number of nitrogen functional groups attached to an aromatic ring is 1. The van der Waals surface area contributed by atoms with Gasteiger partial charge in [-0.25, -0.2) is 9.97 Å². The molecule has 6 heteroatoms. The number of aromatic nitrogens is 2. The van der Waals surface area contributed by atoms with Crippen molar-refractivity contribution in [2.45, 2.75) is 6.54 Å². The zero-order chi connectivity index (χ0) is 11.4. The van der Waals surface area contributed by atoms with E-state index >= 15 is 0 Å². The van der Waals surface area contributed by atoms with Gasteiger partial charge in [-0.1, -0.05) is 0 Å². The van der Waals surface area contributed by atoms with Crippen LogP contribution in [0.25, 0.3) is 0 Å². The number of nitrogens with two attached hydrogens (primary N) is 1. The maximum absolute atomic E-state index is 8.66. The highest BCUT2D eigenvalue weighted by Gasteiger charge is 2.02. The summed E-state index contributed by atoms with van der Waals surface area (Å²) in [6.45, 7) is 0.584. The van der Waals surface area contributed by atoms with E-state index in [4.69, 9.17) is 11.0 Å². The zero-order valence-corrected chi connectivity index (χ0v) is 9.16. The predicted molar refractivity (Wildman–Crippen MR) is 62.8 cm³/mol. The Kier molecular flexibility index (Phi) is 2.98. The number of nitrogens with one attached hydrogen (secondary N) is 1. The lowest BCUT2D eigenvalue weighted by molar-refractivity contribution is 1.08. The van der Waals surface area contributed by atoms with E-state index < -0.39 is 0 Å². The Balaban J connectivity index is 2.08. The molecule has 2 aromatic heterocycles. The van der Waals surface area contributed by atoms with Crippen LogP contribution >= 0.6 is 11.3 Å². The van der Waals surface area contributed by atoms with Crippen LogP contribution in [0, 0.1) is 11.3 Å². The molecule has 2 aromatic rings. The maximum Gasteiger partial charge on any atom is 0.149 e. The summed E-state index contributed by atoms with van der Waals surface area (Å²) < 4.78 is 0. The van der Waals surface area contributed by atoms with Crippen LogP contribution in [0.15, 0.2) is 23.8 Å². The van der Waals surface area contributed by atoms with Gasteiger partial charge in [0.05, 0.1) is 17.8 Å². The second-order valence-electron chi connectivity index (χ2n) is 3.05. The van der Waals surface area contributed by atoms with E-state index in [0.29, 0.717) is 23.6 Å². The summed E-state index contributed by atoms with van der Waals surface area (Å²) in [5.41, 5.74) is 6.67. The molecular formula is C10H9N5S. The van der Waals surface area contributed by atoms with Crippen LogP contribution in [0.4, 0.5) is 11.5 Å². The molecule has 3 N–H and O–H groups in total. The fourth-order valence-corrected chi connectivity index (χ4v) is 1.75. The molecule has 0 aliphatic rings. The first-order valence-electron chi connectivity index (χ1n) is 4.57. The second kappa shape index (κ2) is 4.59. The Labute approximate surface area is 96.6 Å². The van der Waals surface area contributed by atoms with Gasteiger partial charge in [0, 0.05) is 17.8 Å². The number of pyridine rings is 1. The van der Waals surface area contributed by atoms with Crippen LogP contribution in [0.3, 0.4) is 0 Å². The minimum atomic E-state index is 0.456. The van der Waals surface area contributed by atoms with Crippen molar-refractivity contribution in [3.8, 4) is 6.07 Å². The number of hydrogen-bond acceptors (Lipinski definition) is 6. The minimum Gasteiger partial charge on any atom is -0.396 e. The molecule has 0 radical (unpaired) electrons. The average Bonchev–Trinajstić information content (AvgIpc) is 2.80. The van der Waals surface area contributed by atoms with Crippen LogP contribution in [-0.2, 0) is 6.54 Å². The van der Waals surface area contributed by atoms with E-state index in [9.17, 15) is 0 Å². The third-order valence-electron chi connectivity index (χ3n) is 1.94. The Hall–Kier alpha value is -2.13. The summed E-state index contributed by atoms with van der Waals surface area (Å²) in [5.74, 6) is 0.578. The van der Waals surface area contributed by atoms with Gasteiger partial charge in [0.2, 0.25) is 0 Å². The van der Waals surface area contributed by atoms with Crippen LogP contribution in [0.1, 0.15) is 10.6 Å². The Morgan fingerprint density at radius 1 is 1.50 bits per heavy atom. The monoisotopic (exact) mass is 231 g/mol. The topological polar surface area (TPSA) is 87.6 Å². The summed E-state index contributed by atoms with van der Waals surface area (Å²) >= 11 is 1.56. The van der Waals surface area contributed by atoms with E-state index in [0.717, 1.165) is 5.01 Å². The fourth-order valence-electron chi connectivity index (χ4n) is 1.19. The van der Waals surface area contributed by atoms with Crippen LogP contribution < -0.4 is 11.1 Å². The zero-order valence-electron chi connectivity index (χ0n) is 8.34. The molecule has 2 rings (SSSR count). The largest absolute Gasteiger partial charge is 0.396 e. The molecule has 0 saturated carbocycles. The molecule has 80 valence electrons. The predicted octanol–water partition coefficient (Wildman–Crippen LogP) is 1.60. The van der Waals surface area contributed by atoms with Crippen molar-refractivity contribution in [1.29, 1.82) is 5.26 Å². The molecule has 5 nitrogen and oxygen atoms in total. The van der Waals surface area contributed by atoms with Gasteiger partial charge in [0.1, 0.15) is 16.9 Å². The molecule has 0 saturated heterocycles. The van der Waals surface area contributed by atoms with Crippen molar-refractivity contribution < 1.29 is 0 Å². The Bertz CT molecular complexity index is 515. The van der Waals surface area contributed by atoms with Crippen molar-refractivity contribution in [2.24, 2.45) is 0 Å². The third-order valence-corrected chi connectivity index (χ3v) is 2.72. The van der Waals surface area contributed by atoms with Crippen molar-refractivity contribution in [2.75, 3.05) is 11.1 Å². The first-order chi connectivity index (χ1) is 7.79. The SMILES string of the molecule is N#Cc1cnc(NCc2nccs2)c(N)c1. The lowest BCUT2D eigenvalue weighted by Crippen LogP contribution is -2.04. The lowest BCUT2D eigenvalue weighted by Gasteiger charge is -2.06. The highest BCUT2D eigenvalue weighted by Crippen LogP contribution is 2.17. The number of hydrogen-bond donors (Lipinski definition) is 2. The van der Waals surface area contributed by atoms with Gasteiger partial charge < -0.3 is 11.1 Å². The minimum absolute atomic E-state index is 0.456. The number of thiazole rings is 1. The van der Waals surface area contributed by atoms with Crippen molar-refractivity contribution in [3.05, 3.63) is 34.4 Å². The second-order valence-corrected chi connectivity index (χ2v) is 4.03. The van der Waals surface area contributed by atoms with Gasteiger partial charge in [-0.3, -0.25) is 0 Å². The molecule has 0 aliphatic heterocycles. The first-order valence-corrected chi connectivity index (χ1v) is 5.45. The first kappa shape index (κ1) is 10.4. The molecule has 0 unspecified atom stereocenters. The Morgan fingerprint density at radius 3 is 3.00 bits per heavy atom. The van der Waals surface area contributed by atoms with E-state index in [2.05, 4.69) is 15.3 Å². The van der Waals surface area contributed by atoms with Gasteiger partial charge in [0.15, 0.2) is 0 Å². The van der Waals surface area contributed by atoms with E-state index in [-0.39, 0.29) is 0 Å². The number of nitrogens with zero attached hydrogens (tertiary/aromatic N) is 3. The molecule has 0 bridgehead atoms. The lowest BCUT2D eigenvalue weighted by atomic mass is 10.3. The summed E-state index contributed by atoms with van der Waals surface area (Å²) in [5, 5.41) is 14.6. The average molecular weight is 231 g/mol. The number of nitriles is 1. The molecule has 0 fully saturated rings.